The van der Waals surface area contributed by atoms with Crippen LogP contribution >= 0.6 is 12.6 Å². The first-order chi connectivity index (χ1) is 7.35. The molecule has 1 N–H and O–H groups in total. The molecule has 5 nitrogen and oxygen atoms in total. The first kappa shape index (κ1) is 15.4. The molecule has 1 unspecified atom stereocenters. The van der Waals surface area contributed by atoms with Gasteiger partial charge in [-0.2, -0.15) is 0 Å². The van der Waals surface area contributed by atoms with Gasteiger partial charge in [-0.1, -0.05) is 0 Å². The maximum absolute atomic E-state index is 11.4. The summed E-state index contributed by atoms with van der Waals surface area (Å²) in [5, 5.41) is 2.20. The summed E-state index contributed by atoms with van der Waals surface area (Å²) in [5.41, 5.74) is -0.982. The number of hydrogen-bond donors (Lipinski definition) is 2. The van der Waals surface area contributed by atoms with Gasteiger partial charge in [-0.05, 0) is 13.3 Å². The van der Waals surface area contributed by atoms with Crippen LogP contribution in [-0.4, -0.2) is 37.1 Å². The Labute approximate surface area is 101 Å². The van der Waals surface area contributed by atoms with Crippen molar-refractivity contribution in [3.63, 3.8) is 0 Å². The van der Waals surface area contributed by atoms with E-state index in [9.17, 15) is 9.59 Å². The van der Waals surface area contributed by atoms with Gasteiger partial charge in [-0.15, -0.1) is 12.6 Å². The minimum Gasteiger partial charge on any atom is -0.356 e. The molecule has 0 aliphatic carbocycles. The third-order valence-corrected chi connectivity index (χ3v) is 2.82. The van der Waals surface area contributed by atoms with E-state index in [1.54, 1.807) is 6.92 Å². The highest BCUT2D eigenvalue weighted by Crippen LogP contribution is 2.18. The average molecular weight is 249 g/mol. The quantitative estimate of drug-likeness (QED) is 0.516. The number of carbonyl (C=O) groups excluding carboxylic acids is 2. The lowest BCUT2D eigenvalue weighted by molar-refractivity contribution is -0.129. The normalized spacial score (nSPS) is 14.6. The first-order valence-corrected chi connectivity index (χ1v) is 5.38. The molecule has 16 heavy (non-hydrogen) atoms. The summed E-state index contributed by atoms with van der Waals surface area (Å²) in [6.45, 7) is 2.99. The molecule has 0 aromatic carbocycles. The summed E-state index contributed by atoms with van der Waals surface area (Å²) in [4.78, 5) is 22.3. The number of thiol groups is 1. The molecule has 0 rings (SSSR count). The molecule has 94 valence electrons. The van der Waals surface area contributed by atoms with Crippen LogP contribution in [0.4, 0.5) is 0 Å². The van der Waals surface area contributed by atoms with E-state index in [4.69, 9.17) is 9.47 Å². The van der Waals surface area contributed by atoms with Crippen LogP contribution in [0.3, 0.4) is 0 Å². The Morgan fingerprint density at radius 2 is 1.88 bits per heavy atom. The number of carbonyl (C=O) groups is 2. The van der Waals surface area contributed by atoms with Gasteiger partial charge in [0.2, 0.25) is 11.0 Å². The van der Waals surface area contributed by atoms with Crippen LogP contribution in [0.25, 0.3) is 0 Å². The van der Waals surface area contributed by atoms with Gasteiger partial charge in [0.15, 0.2) is 6.29 Å². The van der Waals surface area contributed by atoms with Crippen molar-refractivity contribution >= 4 is 23.7 Å². The zero-order valence-corrected chi connectivity index (χ0v) is 11.0. The van der Waals surface area contributed by atoms with Crippen LogP contribution in [0.2, 0.25) is 0 Å². The molecule has 0 spiro atoms. The van der Waals surface area contributed by atoms with Crippen molar-refractivity contribution in [3.8, 4) is 0 Å². The molecule has 1 amide bonds. The molecule has 0 aromatic heterocycles. The second kappa shape index (κ2) is 6.88. The van der Waals surface area contributed by atoms with Crippen LogP contribution in [0.5, 0.6) is 0 Å². The van der Waals surface area contributed by atoms with E-state index in [0.29, 0.717) is 12.8 Å². The highest BCUT2D eigenvalue weighted by atomic mass is 32.1. The van der Waals surface area contributed by atoms with Gasteiger partial charge in [0.25, 0.3) is 0 Å². The molecule has 6 heteroatoms. The molecule has 0 saturated carbocycles. The summed E-state index contributed by atoms with van der Waals surface area (Å²) in [6.07, 6.45) is 0.512. The fourth-order valence-electron chi connectivity index (χ4n) is 1.35. The molecule has 0 bridgehead atoms. The molecule has 0 aliphatic heterocycles. The Balaban J connectivity index is 4.44. The average Bonchev–Trinajstić information content (AvgIpc) is 2.18. The Bertz CT molecular complexity index is 255. The van der Waals surface area contributed by atoms with E-state index >= 15 is 0 Å². The molecule has 1 atom stereocenters. The number of ether oxygens (including phenoxy) is 2. The van der Waals surface area contributed by atoms with Crippen LogP contribution in [0.15, 0.2) is 0 Å². The Morgan fingerprint density at radius 3 is 2.19 bits per heavy atom. The summed E-state index contributed by atoms with van der Waals surface area (Å²) in [7, 11) is 3.04. The second-order valence-corrected chi connectivity index (χ2v) is 4.16. The number of rotatable bonds is 7. The lowest BCUT2D eigenvalue weighted by Gasteiger charge is -2.28. The zero-order chi connectivity index (χ0) is 12.8. The van der Waals surface area contributed by atoms with Crippen molar-refractivity contribution in [1.29, 1.82) is 0 Å². The Morgan fingerprint density at radius 1 is 1.38 bits per heavy atom. The predicted molar refractivity (Wildman–Crippen MR) is 63.3 cm³/mol. The van der Waals surface area contributed by atoms with Gasteiger partial charge < -0.3 is 14.8 Å². The highest BCUT2D eigenvalue weighted by molar-refractivity contribution is 7.96. The standard InChI is InChI=1S/C10H19NO4S/c1-7(12)11-10(2,9(13)16)6-5-8(14-3)15-4/h8H,5-6H2,1-4H3,(H,11,12)(H,13,16). The molecule has 0 fully saturated rings. The number of nitrogens with one attached hydrogen (secondary N) is 1. The summed E-state index contributed by atoms with van der Waals surface area (Å²) >= 11 is 3.78. The van der Waals surface area contributed by atoms with E-state index in [0.717, 1.165) is 0 Å². The smallest absolute Gasteiger partial charge is 0.217 e. The van der Waals surface area contributed by atoms with Crippen molar-refractivity contribution in [2.45, 2.75) is 38.5 Å². The minimum atomic E-state index is -0.982. The summed E-state index contributed by atoms with van der Waals surface area (Å²) in [6, 6.07) is 0. The second-order valence-electron chi connectivity index (χ2n) is 3.76. The lowest BCUT2D eigenvalue weighted by atomic mass is 9.97. The van der Waals surface area contributed by atoms with Crippen molar-refractivity contribution in [3.05, 3.63) is 0 Å². The topological polar surface area (TPSA) is 64.6 Å². The largest absolute Gasteiger partial charge is 0.356 e. The third kappa shape index (κ3) is 4.96. The SMILES string of the molecule is COC(CCC(C)(NC(C)=O)C(=O)S)OC. The van der Waals surface area contributed by atoms with Gasteiger partial charge in [0.05, 0.1) is 0 Å². The summed E-state index contributed by atoms with van der Waals surface area (Å²) in [5.74, 6) is -0.267. The first-order valence-electron chi connectivity index (χ1n) is 4.93. The predicted octanol–water partition coefficient (Wildman–Crippen LogP) is 0.737. The molecule has 0 heterocycles. The molecule has 0 radical (unpaired) electrons. The van der Waals surface area contributed by atoms with Crippen LogP contribution in [-0.2, 0) is 19.1 Å². The fourth-order valence-corrected chi connectivity index (χ4v) is 1.52. The third-order valence-electron chi connectivity index (χ3n) is 2.33. The minimum absolute atomic E-state index is 0.267. The van der Waals surface area contributed by atoms with Gasteiger partial charge in [0.1, 0.15) is 5.54 Å². The lowest BCUT2D eigenvalue weighted by Crippen LogP contribution is -2.50. The number of methoxy groups -OCH3 is 2. The van der Waals surface area contributed by atoms with Crippen LogP contribution in [0.1, 0.15) is 26.7 Å². The fraction of sp³-hybridized carbons (Fsp3) is 0.800. The van der Waals surface area contributed by atoms with Crippen molar-refractivity contribution in [1.82, 2.24) is 5.32 Å². The van der Waals surface area contributed by atoms with Gasteiger partial charge in [0, 0.05) is 27.6 Å². The number of amides is 1. The van der Waals surface area contributed by atoms with E-state index in [2.05, 4.69) is 17.9 Å². The Kier molecular flexibility index (Phi) is 6.62. The molecule has 0 aliphatic rings. The van der Waals surface area contributed by atoms with Gasteiger partial charge in [-0.3, -0.25) is 9.59 Å². The molecule has 0 aromatic rings. The van der Waals surface area contributed by atoms with Crippen molar-refractivity contribution in [2.24, 2.45) is 0 Å². The molecular formula is C10H19NO4S. The van der Waals surface area contributed by atoms with E-state index in [-0.39, 0.29) is 17.3 Å². The van der Waals surface area contributed by atoms with E-state index in [1.165, 1.54) is 21.1 Å². The highest BCUT2D eigenvalue weighted by Gasteiger charge is 2.32. The van der Waals surface area contributed by atoms with E-state index in [1.807, 2.05) is 0 Å². The van der Waals surface area contributed by atoms with Crippen molar-refractivity contribution < 1.29 is 19.1 Å². The summed E-state index contributed by atoms with van der Waals surface area (Å²) < 4.78 is 10.0. The molecular weight excluding hydrogens is 230 g/mol. The number of hydrogen-bond acceptors (Lipinski definition) is 4. The van der Waals surface area contributed by atoms with Gasteiger partial charge in [-0.25, -0.2) is 0 Å². The maximum atomic E-state index is 11.4. The van der Waals surface area contributed by atoms with E-state index < -0.39 is 5.54 Å². The monoisotopic (exact) mass is 249 g/mol. The molecule has 0 saturated heterocycles. The Hall–Kier alpha value is -0.590. The van der Waals surface area contributed by atoms with Crippen molar-refractivity contribution in [2.75, 3.05) is 14.2 Å². The zero-order valence-electron chi connectivity index (χ0n) is 10.1. The van der Waals surface area contributed by atoms with Crippen LogP contribution in [0, 0.1) is 0 Å². The van der Waals surface area contributed by atoms with Gasteiger partial charge >= 0.3 is 0 Å². The van der Waals surface area contributed by atoms with Crippen LogP contribution < -0.4 is 5.32 Å². The maximum Gasteiger partial charge on any atom is 0.217 e.